The topological polar surface area (TPSA) is 85.1 Å². The lowest BCUT2D eigenvalue weighted by Crippen LogP contribution is -2.46. The van der Waals surface area contributed by atoms with Gasteiger partial charge in [0.25, 0.3) is 5.91 Å². The van der Waals surface area contributed by atoms with Gasteiger partial charge in [0, 0.05) is 61.5 Å². The van der Waals surface area contributed by atoms with Gasteiger partial charge in [-0.1, -0.05) is 24.3 Å². The second-order valence-electron chi connectivity index (χ2n) is 15.0. The van der Waals surface area contributed by atoms with Crippen molar-refractivity contribution in [3.05, 3.63) is 107 Å². The van der Waals surface area contributed by atoms with Crippen molar-refractivity contribution in [2.24, 2.45) is 0 Å². The Labute approximate surface area is 308 Å². The highest BCUT2D eigenvalue weighted by atomic mass is 19.1. The van der Waals surface area contributed by atoms with Gasteiger partial charge in [0.1, 0.15) is 29.0 Å². The molecule has 2 aromatic carbocycles. The first kappa shape index (κ1) is 33.9. The second kappa shape index (κ2) is 14.1. The fourth-order valence-electron chi connectivity index (χ4n) is 8.91. The van der Waals surface area contributed by atoms with Crippen molar-refractivity contribution < 1.29 is 13.6 Å². The Morgan fingerprint density at radius 2 is 1.77 bits per heavy atom. The van der Waals surface area contributed by atoms with E-state index in [-0.39, 0.29) is 29.6 Å². The second-order valence-corrected chi connectivity index (χ2v) is 15.0. The summed E-state index contributed by atoms with van der Waals surface area (Å²) in [4.78, 5) is 31.6. The number of amides is 1. The molecule has 5 aromatic rings. The number of pyridine rings is 1. The van der Waals surface area contributed by atoms with Crippen LogP contribution in [0.25, 0.3) is 17.0 Å². The highest BCUT2D eigenvalue weighted by Crippen LogP contribution is 2.36. The van der Waals surface area contributed by atoms with Crippen molar-refractivity contribution >= 4 is 23.2 Å². The van der Waals surface area contributed by atoms with E-state index in [2.05, 4.69) is 38.1 Å². The summed E-state index contributed by atoms with van der Waals surface area (Å²) in [6, 6.07) is 21.1. The van der Waals surface area contributed by atoms with E-state index in [0.717, 1.165) is 105 Å². The third-order valence-corrected chi connectivity index (χ3v) is 11.8. The molecular formula is C41H45F2N9O. The van der Waals surface area contributed by atoms with Crippen molar-refractivity contribution in [3.8, 4) is 11.4 Å². The van der Waals surface area contributed by atoms with Crippen LogP contribution in [0.1, 0.15) is 71.6 Å². The zero-order valence-electron chi connectivity index (χ0n) is 30.1. The Kier molecular flexibility index (Phi) is 9.03. The number of halogens is 2. The molecule has 9 rings (SSSR count). The predicted molar refractivity (Wildman–Crippen MR) is 201 cm³/mol. The van der Waals surface area contributed by atoms with Crippen LogP contribution in [0.5, 0.6) is 0 Å². The average Bonchev–Trinajstić information content (AvgIpc) is 3.94. The fourth-order valence-corrected chi connectivity index (χ4v) is 8.91. The minimum absolute atomic E-state index is 0.0437. The van der Waals surface area contributed by atoms with Gasteiger partial charge in [-0.25, -0.2) is 23.3 Å². The number of nitrogens with zero attached hydrogens (tertiary/aromatic N) is 8. The number of benzene rings is 2. The van der Waals surface area contributed by atoms with Gasteiger partial charge in [0.2, 0.25) is 0 Å². The summed E-state index contributed by atoms with van der Waals surface area (Å²) < 4.78 is 31.8. The van der Waals surface area contributed by atoms with Crippen LogP contribution in [0.2, 0.25) is 0 Å². The number of imidazole rings is 1. The predicted octanol–water partition coefficient (Wildman–Crippen LogP) is 6.22. The van der Waals surface area contributed by atoms with E-state index in [0.29, 0.717) is 35.8 Å². The number of fused-ring (bicyclic) bond motifs is 2. The molecule has 1 N–H and O–H groups in total. The number of carbonyl (C=O) groups is 1. The minimum Gasteiger partial charge on any atom is -0.356 e. The molecule has 4 aliphatic heterocycles. The van der Waals surface area contributed by atoms with E-state index < -0.39 is 0 Å². The molecular weight excluding hydrogens is 673 g/mol. The average molecular weight is 718 g/mol. The van der Waals surface area contributed by atoms with Crippen LogP contribution in [0.4, 0.5) is 20.4 Å². The first-order valence-corrected chi connectivity index (χ1v) is 19.0. The highest BCUT2D eigenvalue weighted by Gasteiger charge is 2.36. The van der Waals surface area contributed by atoms with Crippen molar-refractivity contribution in [1.82, 2.24) is 34.7 Å². The molecule has 3 saturated heterocycles. The molecule has 2 atom stereocenters. The van der Waals surface area contributed by atoms with Gasteiger partial charge in [0.15, 0.2) is 5.65 Å². The molecule has 12 heteroatoms. The molecule has 0 saturated carbocycles. The lowest BCUT2D eigenvalue weighted by Gasteiger charge is -2.37. The zero-order chi connectivity index (χ0) is 36.1. The van der Waals surface area contributed by atoms with Crippen LogP contribution in [0.3, 0.4) is 0 Å². The molecule has 1 unspecified atom stereocenters. The summed E-state index contributed by atoms with van der Waals surface area (Å²) in [5, 5.41) is 8.41. The number of rotatable bonds is 8. The summed E-state index contributed by atoms with van der Waals surface area (Å²) >= 11 is 0. The van der Waals surface area contributed by atoms with E-state index in [4.69, 9.17) is 10.1 Å². The molecule has 53 heavy (non-hydrogen) atoms. The van der Waals surface area contributed by atoms with Crippen LogP contribution in [0, 0.1) is 11.6 Å². The van der Waals surface area contributed by atoms with Crippen molar-refractivity contribution in [1.29, 1.82) is 0 Å². The Balaban J connectivity index is 0.864. The summed E-state index contributed by atoms with van der Waals surface area (Å²) in [5.41, 5.74) is 5.04. The van der Waals surface area contributed by atoms with Crippen molar-refractivity contribution in [2.45, 2.75) is 69.7 Å². The third-order valence-electron chi connectivity index (χ3n) is 11.8. The summed E-state index contributed by atoms with van der Waals surface area (Å²) in [5.74, 6) is 1.25. The smallest absolute Gasteiger partial charge is 0.254 e. The first-order chi connectivity index (χ1) is 25.9. The van der Waals surface area contributed by atoms with Crippen LogP contribution in [-0.4, -0.2) is 87.1 Å². The number of aromatic nitrogens is 4. The lowest BCUT2D eigenvalue weighted by molar-refractivity contribution is 0.0674. The molecule has 10 nitrogen and oxygen atoms in total. The maximum atomic E-state index is 15.9. The maximum absolute atomic E-state index is 15.9. The number of piperidine rings is 2. The lowest BCUT2D eigenvalue weighted by atomic mass is 10.0. The molecule has 7 heterocycles. The molecule has 1 amide bonds. The largest absolute Gasteiger partial charge is 0.356 e. The SMILES string of the molecule is CN(Cc1ccc2c(c1F)CN(C1CCCNC1)C2=O)C1CCN(c2cccc(-c3cnc4ccc(N5CCC[C@@H]5c5cccc(F)c5)nn34)n2)CC1. The van der Waals surface area contributed by atoms with Crippen molar-refractivity contribution in [2.75, 3.05) is 49.6 Å². The standard InChI is InChI=1S/C41H45F2N9O/c1-48(25-28-12-13-32-33(40(28)43)26-51(41(32)53)31-8-4-18-44-23-31)30-16-20-49(21-17-30)38-11-3-9-34(46-38)36-24-45-37-14-15-39(47-52(36)37)50-19-5-10-35(50)27-6-2-7-29(42)22-27/h2-3,6-7,9,11-15,22,24,30-31,35,44H,4-5,8,10,16-21,23,25-26H2,1H3/t31?,35-/m1/s1. The van der Waals surface area contributed by atoms with E-state index >= 15 is 4.39 Å². The van der Waals surface area contributed by atoms with Gasteiger partial charge >= 0.3 is 0 Å². The third kappa shape index (κ3) is 6.41. The Morgan fingerprint density at radius 1 is 0.906 bits per heavy atom. The molecule has 0 spiro atoms. The van der Waals surface area contributed by atoms with Crippen LogP contribution < -0.4 is 15.1 Å². The van der Waals surface area contributed by atoms with Crippen molar-refractivity contribution in [3.63, 3.8) is 0 Å². The normalized spacial score (nSPS) is 21.0. The quantitative estimate of drug-likeness (QED) is 0.203. The Bertz CT molecular complexity index is 2140. The van der Waals surface area contributed by atoms with Gasteiger partial charge in [0.05, 0.1) is 24.5 Å². The Hall–Kier alpha value is -4.94. The van der Waals surface area contributed by atoms with Gasteiger partial charge in [-0.15, -0.1) is 5.10 Å². The van der Waals surface area contributed by atoms with E-state index in [1.165, 1.54) is 6.07 Å². The van der Waals surface area contributed by atoms with Crippen LogP contribution >= 0.6 is 0 Å². The summed E-state index contributed by atoms with van der Waals surface area (Å²) in [6.45, 7) is 5.13. The number of hydrogen-bond acceptors (Lipinski definition) is 8. The van der Waals surface area contributed by atoms with Crippen LogP contribution in [0.15, 0.2) is 72.9 Å². The van der Waals surface area contributed by atoms with Gasteiger partial charge in [-0.3, -0.25) is 9.69 Å². The highest BCUT2D eigenvalue weighted by molar-refractivity contribution is 5.98. The molecule has 274 valence electrons. The molecule has 0 bridgehead atoms. The Morgan fingerprint density at radius 3 is 2.60 bits per heavy atom. The van der Waals surface area contributed by atoms with Gasteiger partial charge in [-0.2, -0.15) is 0 Å². The maximum Gasteiger partial charge on any atom is 0.254 e. The molecule has 3 aromatic heterocycles. The molecule has 3 fully saturated rings. The number of nitrogens with one attached hydrogen (secondary N) is 1. The zero-order valence-corrected chi connectivity index (χ0v) is 30.1. The summed E-state index contributed by atoms with van der Waals surface area (Å²) in [7, 11) is 2.07. The number of anilines is 2. The van der Waals surface area contributed by atoms with Crippen LogP contribution in [-0.2, 0) is 13.1 Å². The number of hydrogen-bond donors (Lipinski definition) is 1. The summed E-state index contributed by atoms with van der Waals surface area (Å²) in [6.07, 6.45) is 7.63. The number of carbonyl (C=O) groups excluding carboxylic acids is 1. The molecule has 0 aliphatic carbocycles. The molecule has 4 aliphatic rings. The minimum atomic E-state index is -0.228. The van der Waals surface area contributed by atoms with Gasteiger partial charge in [-0.05, 0) is 100 Å². The molecule has 0 radical (unpaired) electrons. The fraction of sp³-hybridized carbons (Fsp3) is 0.415. The van der Waals surface area contributed by atoms with E-state index in [9.17, 15) is 9.18 Å². The first-order valence-electron chi connectivity index (χ1n) is 19.0. The monoisotopic (exact) mass is 717 g/mol. The van der Waals surface area contributed by atoms with E-state index in [1.54, 1.807) is 12.1 Å². The van der Waals surface area contributed by atoms with Gasteiger partial charge < -0.3 is 20.0 Å². The van der Waals surface area contributed by atoms with E-state index in [1.807, 2.05) is 58.1 Å².